The van der Waals surface area contributed by atoms with Crippen molar-refractivity contribution < 1.29 is 4.74 Å². The molecular formula is C16H28N4O. The summed E-state index contributed by atoms with van der Waals surface area (Å²) in [6, 6.07) is 0. The molecule has 0 amide bonds. The number of anilines is 2. The van der Waals surface area contributed by atoms with E-state index in [0.717, 1.165) is 42.8 Å². The standard InChI is InChI=1S/C16H28N4O/c1-11(2)14-18-15(17-4)12(3)16(19-14)20(5)9-13-7-6-8-21-10-13/h11,13H,6-10H2,1-5H3,(H,17,18,19). The van der Waals surface area contributed by atoms with E-state index in [-0.39, 0.29) is 0 Å². The fourth-order valence-electron chi connectivity index (χ4n) is 2.82. The highest BCUT2D eigenvalue weighted by Gasteiger charge is 2.20. The molecule has 1 unspecified atom stereocenters. The number of hydrogen-bond donors (Lipinski definition) is 1. The number of aromatic nitrogens is 2. The fourth-order valence-corrected chi connectivity index (χ4v) is 2.82. The Bertz CT molecular complexity index is 470. The minimum Gasteiger partial charge on any atom is -0.381 e. The van der Waals surface area contributed by atoms with Crippen molar-refractivity contribution >= 4 is 11.6 Å². The van der Waals surface area contributed by atoms with Gasteiger partial charge in [0.15, 0.2) is 0 Å². The first-order chi connectivity index (χ1) is 10.0. The van der Waals surface area contributed by atoms with Gasteiger partial charge in [-0.15, -0.1) is 0 Å². The maximum atomic E-state index is 5.58. The lowest BCUT2D eigenvalue weighted by atomic mass is 10.0. The van der Waals surface area contributed by atoms with E-state index in [2.05, 4.69) is 43.0 Å². The van der Waals surface area contributed by atoms with Crippen LogP contribution in [0, 0.1) is 12.8 Å². The smallest absolute Gasteiger partial charge is 0.137 e. The highest BCUT2D eigenvalue weighted by atomic mass is 16.5. The maximum absolute atomic E-state index is 5.58. The summed E-state index contributed by atoms with van der Waals surface area (Å²) in [4.78, 5) is 11.6. The minimum atomic E-state index is 0.322. The van der Waals surface area contributed by atoms with Crippen LogP contribution in [0.15, 0.2) is 0 Å². The van der Waals surface area contributed by atoms with Gasteiger partial charge in [0.25, 0.3) is 0 Å². The first-order valence-corrected chi connectivity index (χ1v) is 7.88. The molecule has 1 fully saturated rings. The van der Waals surface area contributed by atoms with Crippen LogP contribution in [0.3, 0.4) is 0 Å². The Balaban J connectivity index is 2.21. The number of ether oxygens (including phenoxy) is 1. The van der Waals surface area contributed by atoms with Crippen LogP contribution in [0.4, 0.5) is 11.6 Å². The molecule has 0 saturated carbocycles. The average molecular weight is 292 g/mol. The van der Waals surface area contributed by atoms with Gasteiger partial charge in [0.1, 0.15) is 17.5 Å². The Morgan fingerprint density at radius 3 is 2.71 bits per heavy atom. The molecule has 1 aromatic heterocycles. The summed E-state index contributed by atoms with van der Waals surface area (Å²) in [6.45, 7) is 9.10. The van der Waals surface area contributed by atoms with Gasteiger partial charge in [-0.1, -0.05) is 13.8 Å². The second-order valence-electron chi connectivity index (χ2n) is 6.25. The molecule has 0 aliphatic carbocycles. The second kappa shape index (κ2) is 7.07. The van der Waals surface area contributed by atoms with Crippen LogP contribution in [0.2, 0.25) is 0 Å². The Hall–Kier alpha value is -1.36. The first kappa shape index (κ1) is 16.0. The van der Waals surface area contributed by atoms with E-state index in [1.807, 2.05) is 7.05 Å². The molecule has 5 heteroatoms. The van der Waals surface area contributed by atoms with Crippen molar-refractivity contribution in [1.29, 1.82) is 0 Å². The third kappa shape index (κ3) is 3.84. The summed E-state index contributed by atoms with van der Waals surface area (Å²) in [5.74, 6) is 3.77. The molecule has 5 nitrogen and oxygen atoms in total. The molecule has 2 rings (SSSR count). The van der Waals surface area contributed by atoms with Crippen molar-refractivity contribution in [3.63, 3.8) is 0 Å². The van der Waals surface area contributed by atoms with Gasteiger partial charge in [-0.2, -0.15) is 0 Å². The number of nitrogens with zero attached hydrogens (tertiary/aromatic N) is 3. The summed E-state index contributed by atoms with van der Waals surface area (Å²) in [5, 5.41) is 3.19. The molecule has 1 aliphatic rings. The van der Waals surface area contributed by atoms with Crippen LogP contribution in [-0.2, 0) is 4.74 Å². The highest BCUT2D eigenvalue weighted by molar-refractivity contribution is 5.58. The lowest BCUT2D eigenvalue weighted by Gasteiger charge is -2.29. The van der Waals surface area contributed by atoms with E-state index in [1.165, 1.54) is 12.8 Å². The van der Waals surface area contributed by atoms with Crippen molar-refractivity contribution in [2.24, 2.45) is 5.92 Å². The van der Waals surface area contributed by atoms with Gasteiger partial charge in [0.05, 0.1) is 6.61 Å². The summed E-state index contributed by atoms with van der Waals surface area (Å²) in [6.07, 6.45) is 2.41. The van der Waals surface area contributed by atoms with Crippen molar-refractivity contribution in [3.8, 4) is 0 Å². The summed E-state index contributed by atoms with van der Waals surface area (Å²) in [5.41, 5.74) is 1.11. The van der Waals surface area contributed by atoms with E-state index >= 15 is 0 Å². The molecule has 1 N–H and O–H groups in total. The van der Waals surface area contributed by atoms with Crippen molar-refractivity contribution in [3.05, 3.63) is 11.4 Å². The lowest BCUT2D eigenvalue weighted by Crippen LogP contribution is -2.32. The number of rotatable bonds is 5. The summed E-state index contributed by atoms with van der Waals surface area (Å²) < 4.78 is 5.58. The molecule has 1 saturated heterocycles. The average Bonchev–Trinajstić information content (AvgIpc) is 2.48. The van der Waals surface area contributed by atoms with Gasteiger partial charge in [0.2, 0.25) is 0 Å². The molecule has 118 valence electrons. The molecule has 1 aromatic rings. The van der Waals surface area contributed by atoms with E-state index < -0.39 is 0 Å². The third-order valence-corrected chi connectivity index (χ3v) is 4.04. The molecule has 0 bridgehead atoms. The van der Waals surface area contributed by atoms with Crippen LogP contribution in [0.25, 0.3) is 0 Å². The van der Waals surface area contributed by atoms with Gasteiger partial charge >= 0.3 is 0 Å². The molecule has 0 spiro atoms. The van der Waals surface area contributed by atoms with Crippen LogP contribution < -0.4 is 10.2 Å². The number of nitrogens with one attached hydrogen (secondary N) is 1. The quantitative estimate of drug-likeness (QED) is 0.904. The predicted octanol–water partition coefficient (Wildman–Crippen LogP) is 2.81. The van der Waals surface area contributed by atoms with Gasteiger partial charge in [-0.3, -0.25) is 0 Å². The molecular weight excluding hydrogens is 264 g/mol. The molecule has 2 heterocycles. The van der Waals surface area contributed by atoms with Gasteiger partial charge in [-0.05, 0) is 25.7 Å². The normalized spacial score (nSPS) is 18.9. The van der Waals surface area contributed by atoms with Crippen LogP contribution >= 0.6 is 0 Å². The molecule has 1 aliphatic heterocycles. The fraction of sp³-hybridized carbons (Fsp3) is 0.750. The van der Waals surface area contributed by atoms with E-state index in [1.54, 1.807) is 0 Å². The molecule has 0 radical (unpaired) electrons. The Labute approximate surface area is 128 Å². The SMILES string of the molecule is CNc1nc(C(C)C)nc(N(C)CC2CCCOC2)c1C. The molecule has 21 heavy (non-hydrogen) atoms. The second-order valence-corrected chi connectivity index (χ2v) is 6.25. The van der Waals surface area contributed by atoms with Gasteiger partial charge < -0.3 is 15.0 Å². The zero-order chi connectivity index (χ0) is 15.4. The number of hydrogen-bond acceptors (Lipinski definition) is 5. The zero-order valence-corrected chi connectivity index (χ0v) is 13.9. The molecule has 0 aromatic carbocycles. The van der Waals surface area contributed by atoms with E-state index in [0.29, 0.717) is 11.8 Å². The van der Waals surface area contributed by atoms with Crippen LogP contribution in [0.1, 0.15) is 44.0 Å². The van der Waals surface area contributed by atoms with Crippen molar-refractivity contribution in [2.45, 2.75) is 39.5 Å². The van der Waals surface area contributed by atoms with E-state index in [4.69, 9.17) is 9.72 Å². The van der Waals surface area contributed by atoms with Crippen molar-refractivity contribution in [1.82, 2.24) is 9.97 Å². The predicted molar refractivity (Wildman–Crippen MR) is 87.2 cm³/mol. The van der Waals surface area contributed by atoms with Gasteiger partial charge in [0, 0.05) is 38.7 Å². The van der Waals surface area contributed by atoms with Crippen LogP contribution in [-0.4, -0.2) is 43.8 Å². The minimum absolute atomic E-state index is 0.322. The Morgan fingerprint density at radius 2 is 2.14 bits per heavy atom. The largest absolute Gasteiger partial charge is 0.381 e. The summed E-state index contributed by atoms with van der Waals surface area (Å²) in [7, 11) is 4.03. The zero-order valence-electron chi connectivity index (χ0n) is 13.9. The lowest BCUT2D eigenvalue weighted by molar-refractivity contribution is 0.0576. The molecule has 1 atom stereocenters. The Kier molecular flexibility index (Phi) is 5.39. The van der Waals surface area contributed by atoms with Crippen LogP contribution in [0.5, 0.6) is 0 Å². The maximum Gasteiger partial charge on any atom is 0.137 e. The first-order valence-electron chi connectivity index (χ1n) is 7.88. The topological polar surface area (TPSA) is 50.3 Å². The Morgan fingerprint density at radius 1 is 1.38 bits per heavy atom. The van der Waals surface area contributed by atoms with Crippen molar-refractivity contribution in [2.75, 3.05) is 44.1 Å². The van der Waals surface area contributed by atoms with Gasteiger partial charge in [-0.25, -0.2) is 9.97 Å². The monoisotopic (exact) mass is 292 g/mol. The van der Waals surface area contributed by atoms with E-state index in [9.17, 15) is 0 Å². The third-order valence-electron chi connectivity index (χ3n) is 4.04. The highest BCUT2D eigenvalue weighted by Crippen LogP contribution is 2.26. The summed E-state index contributed by atoms with van der Waals surface area (Å²) >= 11 is 0.